The number of hydrogen-bond acceptors (Lipinski definition) is 7. The van der Waals surface area contributed by atoms with Crippen LogP contribution in [0.25, 0.3) is 16.6 Å². The number of aromatic amines is 1. The molecular formula is C21H24N8O2. The molecule has 1 aromatic carbocycles. The Morgan fingerprint density at radius 1 is 1.45 bits per heavy atom. The number of carbonyl (C=O) groups is 1. The van der Waals surface area contributed by atoms with Crippen molar-refractivity contribution in [2.75, 3.05) is 23.7 Å². The SMILES string of the molecule is Cc1cc(C(C)NC(=O)c2c(N)nn3cccnc23)c(N2CCC(O)C2)c2[nH]ncc12. The fourth-order valence-corrected chi connectivity index (χ4v) is 4.37. The third-order valence-electron chi connectivity index (χ3n) is 5.89. The molecule has 10 heteroatoms. The molecule has 1 amide bonds. The monoisotopic (exact) mass is 420 g/mol. The minimum absolute atomic E-state index is 0.131. The second-order valence-electron chi connectivity index (χ2n) is 8.02. The smallest absolute Gasteiger partial charge is 0.259 e. The highest BCUT2D eigenvalue weighted by atomic mass is 16.3. The molecule has 3 aromatic heterocycles. The number of aromatic nitrogens is 5. The van der Waals surface area contributed by atoms with Crippen LogP contribution >= 0.6 is 0 Å². The molecule has 0 spiro atoms. The number of β-amino-alcohol motifs (C(OH)–C–C–N with tert-alkyl or cyclic N) is 1. The molecule has 31 heavy (non-hydrogen) atoms. The van der Waals surface area contributed by atoms with Crippen molar-refractivity contribution < 1.29 is 9.90 Å². The van der Waals surface area contributed by atoms with Crippen molar-refractivity contribution in [1.29, 1.82) is 0 Å². The van der Waals surface area contributed by atoms with Crippen LogP contribution < -0.4 is 16.0 Å². The molecule has 0 bridgehead atoms. The number of nitrogens with two attached hydrogens (primary N) is 1. The number of anilines is 2. The van der Waals surface area contributed by atoms with E-state index in [9.17, 15) is 9.90 Å². The Bertz CT molecular complexity index is 1290. The van der Waals surface area contributed by atoms with E-state index in [0.717, 1.165) is 34.3 Å². The molecule has 1 fully saturated rings. The fraction of sp³-hybridized carbons (Fsp3) is 0.333. The van der Waals surface area contributed by atoms with Crippen LogP contribution in [0.2, 0.25) is 0 Å². The van der Waals surface area contributed by atoms with Gasteiger partial charge in [0.25, 0.3) is 5.91 Å². The topological polar surface area (TPSA) is 137 Å². The summed E-state index contributed by atoms with van der Waals surface area (Å²) in [5.41, 5.74) is 10.5. The van der Waals surface area contributed by atoms with Crippen LogP contribution in [-0.2, 0) is 0 Å². The van der Waals surface area contributed by atoms with Crippen molar-refractivity contribution in [3.8, 4) is 0 Å². The lowest BCUT2D eigenvalue weighted by atomic mass is 9.98. The molecule has 0 radical (unpaired) electrons. The molecule has 1 aliphatic heterocycles. The maximum atomic E-state index is 13.1. The molecule has 0 saturated carbocycles. The Morgan fingerprint density at radius 2 is 2.29 bits per heavy atom. The number of benzene rings is 1. The summed E-state index contributed by atoms with van der Waals surface area (Å²) in [7, 11) is 0. The number of nitrogens with zero attached hydrogens (tertiary/aromatic N) is 5. The maximum absolute atomic E-state index is 13.1. The molecule has 2 atom stereocenters. The summed E-state index contributed by atoms with van der Waals surface area (Å²) in [6.07, 6.45) is 5.43. The predicted molar refractivity (Wildman–Crippen MR) is 117 cm³/mol. The van der Waals surface area contributed by atoms with Crippen LogP contribution in [0.15, 0.2) is 30.7 Å². The highest BCUT2D eigenvalue weighted by molar-refractivity contribution is 6.04. The van der Waals surface area contributed by atoms with Gasteiger partial charge in [0.05, 0.1) is 29.5 Å². The van der Waals surface area contributed by atoms with E-state index in [1.807, 2.05) is 13.8 Å². The Hall–Kier alpha value is -3.66. The lowest BCUT2D eigenvalue weighted by Crippen LogP contribution is -2.30. The zero-order valence-electron chi connectivity index (χ0n) is 17.3. The van der Waals surface area contributed by atoms with E-state index < -0.39 is 0 Å². The Labute approximate surface area is 178 Å². The molecule has 4 aromatic rings. The first-order chi connectivity index (χ1) is 14.9. The van der Waals surface area contributed by atoms with Gasteiger partial charge in [-0.1, -0.05) is 6.07 Å². The van der Waals surface area contributed by atoms with E-state index in [2.05, 4.69) is 36.6 Å². The number of carbonyl (C=O) groups excluding carboxylic acids is 1. The number of fused-ring (bicyclic) bond motifs is 2. The number of H-pyrrole nitrogens is 1. The van der Waals surface area contributed by atoms with Gasteiger partial charge in [0.15, 0.2) is 11.5 Å². The molecule has 160 valence electrons. The zero-order chi connectivity index (χ0) is 21.7. The predicted octanol–water partition coefficient (Wildman–Crippen LogP) is 1.56. The molecule has 1 saturated heterocycles. The second kappa shape index (κ2) is 7.24. The van der Waals surface area contributed by atoms with Gasteiger partial charge in [0, 0.05) is 30.9 Å². The van der Waals surface area contributed by atoms with Gasteiger partial charge in [0.1, 0.15) is 5.56 Å². The van der Waals surface area contributed by atoms with Crippen LogP contribution in [0.3, 0.4) is 0 Å². The molecule has 4 heterocycles. The summed E-state index contributed by atoms with van der Waals surface area (Å²) < 4.78 is 1.49. The van der Waals surface area contributed by atoms with Gasteiger partial charge in [-0.25, -0.2) is 9.50 Å². The quantitative estimate of drug-likeness (QED) is 0.393. The summed E-state index contributed by atoms with van der Waals surface area (Å²) in [5.74, 6) is -0.208. The van der Waals surface area contributed by atoms with Crippen molar-refractivity contribution in [2.24, 2.45) is 0 Å². The van der Waals surface area contributed by atoms with Gasteiger partial charge in [-0.05, 0) is 37.5 Å². The average Bonchev–Trinajstić information content (AvgIpc) is 3.45. The summed E-state index contributed by atoms with van der Waals surface area (Å²) in [6, 6.07) is 3.47. The van der Waals surface area contributed by atoms with Crippen LogP contribution in [0.5, 0.6) is 0 Å². The molecule has 1 aliphatic rings. The minimum atomic E-state index is -0.373. The number of rotatable bonds is 4. The molecule has 2 unspecified atom stereocenters. The van der Waals surface area contributed by atoms with Gasteiger partial charge in [-0.3, -0.25) is 9.89 Å². The number of hydrogen-bond donors (Lipinski definition) is 4. The highest BCUT2D eigenvalue weighted by Gasteiger charge is 2.28. The van der Waals surface area contributed by atoms with Crippen LogP contribution in [0.4, 0.5) is 11.5 Å². The number of amides is 1. The Morgan fingerprint density at radius 3 is 3.06 bits per heavy atom. The zero-order valence-corrected chi connectivity index (χ0v) is 17.3. The summed E-state index contributed by atoms with van der Waals surface area (Å²) in [5, 5.41) is 25.7. The summed E-state index contributed by atoms with van der Waals surface area (Å²) in [6.45, 7) is 5.22. The van der Waals surface area contributed by atoms with Crippen molar-refractivity contribution in [3.63, 3.8) is 0 Å². The van der Waals surface area contributed by atoms with Gasteiger partial charge in [-0.2, -0.15) is 5.10 Å². The standard InChI is InChI=1S/C21H24N8O2/c1-11-8-14(18(17-15(11)9-24-26-17)28-7-4-13(30)10-28)12(2)25-21(31)16-19(22)27-29-6-3-5-23-20(16)29/h3,5-6,8-9,12-13,30H,4,7,10H2,1-2H3,(H2,22,27)(H,24,26)(H,25,31). The van der Waals surface area contributed by atoms with E-state index in [0.29, 0.717) is 18.6 Å². The Kier molecular flexibility index (Phi) is 4.51. The normalized spacial score (nSPS) is 17.5. The van der Waals surface area contributed by atoms with Crippen molar-refractivity contribution in [2.45, 2.75) is 32.4 Å². The fourth-order valence-electron chi connectivity index (χ4n) is 4.37. The minimum Gasteiger partial charge on any atom is -0.391 e. The van der Waals surface area contributed by atoms with E-state index >= 15 is 0 Å². The average molecular weight is 420 g/mol. The molecule has 5 N–H and O–H groups in total. The number of aliphatic hydroxyl groups excluding tert-OH is 1. The third-order valence-corrected chi connectivity index (χ3v) is 5.89. The largest absolute Gasteiger partial charge is 0.391 e. The number of nitrogen functional groups attached to an aromatic ring is 1. The van der Waals surface area contributed by atoms with E-state index in [1.54, 1.807) is 24.7 Å². The van der Waals surface area contributed by atoms with Crippen molar-refractivity contribution in [1.82, 2.24) is 30.1 Å². The lowest BCUT2D eigenvalue weighted by molar-refractivity contribution is 0.0942. The molecule has 5 rings (SSSR count). The van der Waals surface area contributed by atoms with Gasteiger partial charge < -0.3 is 21.1 Å². The maximum Gasteiger partial charge on any atom is 0.259 e. The van der Waals surface area contributed by atoms with Crippen LogP contribution in [-0.4, -0.2) is 55.0 Å². The van der Waals surface area contributed by atoms with Crippen molar-refractivity contribution >= 4 is 34.0 Å². The molecule has 10 nitrogen and oxygen atoms in total. The highest BCUT2D eigenvalue weighted by Crippen LogP contribution is 2.37. The first-order valence-electron chi connectivity index (χ1n) is 10.2. The van der Waals surface area contributed by atoms with E-state index in [1.165, 1.54) is 4.52 Å². The summed E-state index contributed by atoms with van der Waals surface area (Å²) >= 11 is 0. The first kappa shape index (κ1) is 19.3. The van der Waals surface area contributed by atoms with E-state index in [4.69, 9.17) is 5.73 Å². The van der Waals surface area contributed by atoms with Crippen LogP contribution in [0.1, 0.15) is 40.9 Å². The van der Waals surface area contributed by atoms with Gasteiger partial charge in [-0.15, -0.1) is 5.10 Å². The van der Waals surface area contributed by atoms with Gasteiger partial charge in [0.2, 0.25) is 0 Å². The molecular weight excluding hydrogens is 396 g/mol. The number of nitrogens with one attached hydrogen (secondary N) is 2. The number of aliphatic hydroxyl groups is 1. The van der Waals surface area contributed by atoms with Crippen LogP contribution in [0, 0.1) is 6.92 Å². The lowest BCUT2D eigenvalue weighted by Gasteiger charge is -2.26. The van der Waals surface area contributed by atoms with Gasteiger partial charge >= 0.3 is 0 Å². The Balaban J connectivity index is 1.54. The summed E-state index contributed by atoms with van der Waals surface area (Å²) in [4.78, 5) is 19.5. The number of aryl methyl sites for hydroxylation is 1. The third kappa shape index (κ3) is 3.15. The van der Waals surface area contributed by atoms with Crippen molar-refractivity contribution in [3.05, 3.63) is 47.4 Å². The molecule has 0 aliphatic carbocycles. The van der Waals surface area contributed by atoms with E-state index in [-0.39, 0.29) is 29.4 Å². The second-order valence-corrected chi connectivity index (χ2v) is 8.02. The first-order valence-corrected chi connectivity index (χ1v) is 10.2.